The third kappa shape index (κ3) is 2.67. The first kappa shape index (κ1) is 12.6. The van der Waals surface area contributed by atoms with Crippen LogP contribution < -0.4 is 16.0 Å². The van der Waals surface area contributed by atoms with Crippen LogP contribution in [-0.2, 0) is 9.53 Å². The standard InChI is InChI=1S/C11H17N5O2/c1-2-13-11(17)8-7-18-6-5-16(8)10-4-3-9(12)14-15-10/h3-4,8H,2,5-7H2,1H3,(H2,12,14)(H,13,17). The maximum atomic E-state index is 11.9. The molecule has 2 rings (SSSR count). The van der Waals surface area contributed by atoms with Crippen molar-refractivity contribution in [2.45, 2.75) is 13.0 Å². The van der Waals surface area contributed by atoms with Gasteiger partial charge in [0.2, 0.25) is 5.91 Å². The molecule has 2 heterocycles. The predicted molar refractivity (Wildman–Crippen MR) is 67.1 cm³/mol. The van der Waals surface area contributed by atoms with Crippen molar-refractivity contribution in [1.82, 2.24) is 15.5 Å². The van der Waals surface area contributed by atoms with E-state index in [1.54, 1.807) is 12.1 Å². The van der Waals surface area contributed by atoms with Gasteiger partial charge in [0.1, 0.15) is 11.9 Å². The molecule has 3 N–H and O–H groups in total. The van der Waals surface area contributed by atoms with Gasteiger partial charge in [-0.3, -0.25) is 4.79 Å². The summed E-state index contributed by atoms with van der Waals surface area (Å²) in [6.45, 7) is 4.02. The van der Waals surface area contributed by atoms with Crippen LogP contribution >= 0.6 is 0 Å². The smallest absolute Gasteiger partial charge is 0.245 e. The molecule has 1 amide bonds. The molecule has 0 spiro atoms. The summed E-state index contributed by atoms with van der Waals surface area (Å²) in [5.74, 6) is 0.946. The van der Waals surface area contributed by atoms with Crippen LogP contribution in [0.1, 0.15) is 6.92 Å². The zero-order valence-corrected chi connectivity index (χ0v) is 10.3. The highest BCUT2D eigenvalue weighted by atomic mass is 16.5. The minimum Gasteiger partial charge on any atom is -0.382 e. The molecular formula is C11H17N5O2. The zero-order chi connectivity index (χ0) is 13.0. The van der Waals surface area contributed by atoms with E-state index in [0.717, 1.165) is 0 Å². The first-order valence-corrected chi connectivity index (χ1v) is 5.93. The van der Waals surface area contributed by atoms with Gasteiger partial charge in [-0.2, -0.15) is 0 Å². The first-order valence-electron chi connectivity index (χ1n) is 5.93. The van der Waals surface area contributed by atoms with E-state index in [0.29, 0.717) is 37.9 Å². The van der Waals surface area contributed by atoms with Gasteiger partial charge in [0.15, 0.2) is 5.82 Å². The molecule has 7 nitrogen and oxygen atoms in total. The van der Waals surface area contributed by atoms with Gasteiger partial charge in [0, 0.05) is 13.1 Å². The Morgan fingerprint density at radius 2 is 2.44 bits per heavy atom. The van der Waals surface area contributed by atoms with Gasteiger partial charge >= 0.3 is 0 Å². The van der Waals surface area contributed by atoms with Crippen LogP contribution in [0.3, 0.4) is 0 Å². The normalized spacial score (nSPS) is 19.6. The zero-order valence-electron chi connectivity index (χ0n) is 10.3. The maximum absolute atomic E-state index is 11.9. The molecule has 1 aromatic heterocycles. The van der Waals surface area contributed by atoms with Crippen LogP contribution in [0, 0.1) is 0 Å². The second-order valence-electron chi connectivity index (χ2n) is 4.00. The van der Waals surface area contributed by atoms with Crippen LogP contribution in [-0.4, -0.2) is 48.4 Å². The number of carbonyl (C=O) groups excluding carboxylic acids is 1. The Labute approximate surface area is 105 Å². The van der Waals surface area contributed by atoms with E-state index in [-0.39, 0.29) is 11.9 Å². The number of carbonyl (C=O) groups is 1. The van der Waals surface area contributed by atoms with Crippen molar-refractivity contribution in [2.24, 2.45) is 0 Å². The highest BCUT2D eigenvalue weighted by molar-refractivity contribution is 5.85. The van der Waals surface area contributed by atoms with Crippen molar-refractivity contribution in [3.8, 4) is 0 Å². The van der Waals surface area contributed by atoms with E-state index in [9.17, 15) is 4.79 Å². The molecule has 1 fully saturated rings. The fourth-order valence-electron chi connectivity index (χ4n) is 1.88. The number of hydrogen-bond acceptors (Lipinski definition) is 6. The quantitative estimate of drug-likeness (QED) is 0.745. The largest absolute Gasteiger partial charge is 0.382 e. The second kappa shape index (κ2) is 5.63. The number of nitrogens with one attached hydrogen (secondary N) is 1. The summed E-state index contributed by atoms with van der Waals surface area (Å²) in [4.78, 5) is 13.8. The summed E-state index contributed by atoms with van der Waals surface area (Å²) in [6.07, 6.45) is 0. The Hall–Kier alpha value is -1.89. The summed E-state index contributed by atoms with van der Waals surface area (Å²) in [5.41, 5.74) is 5.50. The van der Waals surface area contributed by atoms with E-state index in [2.05, 4.69) is 15.5 Å². The summed E-state index contributed by atoms with van der Waals surface area (Å²) in [7, 11) is 0. The average Bonchev–Trinajstić information content (AvgIpc) is 2.40. The van der Waals surface area contributed by atoms with Crippen molar-refractivity contribution >= 4 is 17.5 Å². The maximum Gasteiger partial charge on any atom is 0.245 e. The number of nitrogens with zero attached hydrogens (tertiary/aromatic N) is 3. The van der Waals surface area contributed by atoms with Gasteiger partial charge in [-0.25, -0.2) is 0 Å². The van der Waals surface area contributed by atoms with Crippen molar-refractivity contribution in [1.29, 1.82) is 0 Å². The predicted octanol–water partition coefficient (Wildman–Crippen LogP) is -0.600. The van der Waals surface area contributed by atoms with Crippen LogP contribution in [0.5, 0.6) is 0 Å². The number of rotatable bonds is 3. The van der Waals surface area contributed by atoms with Crippen molar-refractivity contribution in [3.63, 3.8) is 0 Å². The topological polar surface area (TPSA) is 93.4 Å². The molecule has 1 aliphatic heterocycles. The third-order valence-electron chi connectivity index (χ3n) is 2.75. The van der Waals surface area contributed by atoms with Crippen molar-refractivity contribution in [2.75, 3.05) is 36.9 Å². The highest BCUT2D eigenvalue weighted by Gasteiger charge is 2.30. The summed E-state index contributed by atoms with van der Waals surface area (Å²) < 4.78 is 5.35. The van der Waals surface area contributed by atoms with Crippen LogP contribution in [0.25, 0.3) is 0 Å². The number of aromatic nitrogens is 2. The summed E-state index contributed by atoms with van der Waals surface area (Å²) in [5, 5.41) is 10.6. The van der Waals surface area contributed by atoms with E-state index >= 15 is 0 Å². The second-order valence-corrected chi connectivity index (χ2v) is 4.00. The molecule has 7 heteroatoms. The Balaban J connectivity index is 2.17. The van der Waals surface area contributed by atoms with Gasteiger partial charge in [0.25, 0.3) is 0 Å². The van der Waals surface area contributed by atoms with E-state index < -0.39 is 0 Å². The number of hydrogen-bond donors (Lipinski definition) is 2. The Kier molecular flexibility index (Phi) is 3.93. The van der Waals surface area contributed by atoms with Gasteiger partial charge < -0.3 is 20.7 Å². The number of amides is 1. The van der Waals surface area contributed by atoms with Gasteiger partial charge in [-0.15, -0.1) is 10.2 Å². The molecule has 0 radical (unpaired) electrons. The van der Waals surface area contributed by atoms with Gasteiger partial charge in [-0.05, 0) is 19.1 Å². The monoisotopic (exact) mass is 251 g/mol. The molecule has 18 heavy (non-hydrogen) atoms. The Morgan fingerprint density at radius 3 is 3.11 bits per heavy atom. The van der Waals surface area contributed by atoms with Crippen molar-refractivity contribution in [3.05, 3.63) is 12.1 Å². The molecule has 1 saturated heterocycles. The number of ether oxygens (including phenoxy) is 1. The van der Waals surface area contributed by atoms with E-state index in [4.69, 9.17) is 10.5 Å². The lowest BCUT2D eigenvalue weighted by atomic mass is 10.2. The molecule has 0 saturated carbocycles. The SMILES string of the molecule is CCNC(=O)C1COCCN1c1ccc(N)nn1. The number of nitrogens with two attached hydrogens (primary N) is 1. The number of morpholine rings is 1. The number of nitrogen functional groups attached to an aromatic ring is 1. The molecule has 0 aromatic carbocycles. The minimum absolute atomic E-state index is 0.0594. The first-order chi connectivity index (χ1) is 8.72. The fourth-order valence-corrected chi connectivity index (χ4v) is 1.88. The van der Waals surface area contributed by atoms with Crippen LogP contribution in [0.15, 0.2) is 12.1 Å². The highest BCUT2D eigenvalue weighted by Crippen LogP contribution is 2.17. The molecule has 0 bridgehead atoms. The number of anilines is 2. The van der Waals surface area contributed by atoms with Crippen LogP contribution in [0.4, 0.5) is 11.6 Å². The van der Waals surface area contributed by atoms with Gasteiger partial charge in [0.05, 0.1) is 13.2 Å². The minimum atomic E-state index is -0.364. The lowest BCUT2D eigenvalue weighted by Crippen LogP contribution is -2.54. The summed E-state index contributed by atoms with van der Waals surface area (Å²) in [6, 6.07) is 3.07. The molecular weight excluding hydrogens is 234 g/mol. The molecule has 1 unspecified atom stereocenters. The van der Waals surface area contributed by atoms with Crippen molar-refractivity contribution < 1.29 is 9.53 Å². The van der Waals surface area contributed by atoms with E-state index in [1.807, 2.05) is 11.8 Å². The van der Waals surface area contributed by atoms with E-state index in [1.165, 1.54) is 0 Å². The summed E-state index contributed by atoms with van der Waals surface area (Å²) >= 11 is 0. The molecule has 1 atom stereocenters. The Bertz CT molecular complexity index is 408. The lowest BCUT2D eigenvalue weighted by Gasteiger charge is -2.34. The third-order valence-corrected chi connectivity index (χ3v) is 2.75. The molecule has 0 aliphatic carbocycles. The molecule has 1 aromatic rings. The lowest BCUT2D eigenvalue weighted by molar-refractivity contribution is -0.124. The molecule has 98 valence electrons. The Morgan fingerprint density at radius 1 is 1.61 bits per heavy atom. The van der Waals surface area contributed by atoms with Gasteiger partial charge in [-0.1, -0.05) is 0 Å². The average molecular weight is 251 g/mol. The van der Waals surface area contributed by atoms with Crippen LogP contribution in [0.2, 0.25) is 0 Å². The fraction of sp³-hybridized carbons (Fsp3) is 0.545. The number of likely N-dealkylation sites (N-methyl/N-ethyl adjacent to an activating group) is 1. The molecule has 1 aliphatic rings.